The molecule has 0 N–H and O–H groups in total. The standard InChI is InChI=1S/C24H28BrN3OS.BrH/c1-18-5-3-6-22(19(18)2)26-24-28(12-4-11-27-13-15-29-16-14-27)23(17-30-24)20-7-9-21(25)10-8-20;/h3,5-10,17H,4,11-16H2,1-2H3;1H. The summed E-state index contributed by atoms with van der Waals surface area (Å²) in [5.41, 5.74) is 6.04. The number of ether oxygens (including phenoxy) is 1. The zero-order valence-electron chi connectivity index (χ0n) is 18.0. The van der Waals surface area contributed by atoms with Crippen LogP contribution in [-0.4, -0.2) is 42.3 Å². The molecule has 3 aromatic rings. The van der Waals surface area contributed by atoms with Gasteiger partial charge >= 0.3 is 0 Å². The number of hydrogen-bond donors (Lipinski definition) is 0. The number of aryl methyl sites for hydroxylation is 1. The Hall–Kier alpha value is -1.25. The molecule has 1 aromatic heterocycles. The van der Waals surface area contributed by atoms with Crippen LogP contribution in [0.4, 0.5) is 5.69 Å². The van der Waals surface area contributed by atoms with Crippen molar-refractivity contribution in [3.8, 4) is 11.3 Å². The van der Waals surface area contributed by atoms with Crippen molar-refractivity contribution in [1.82, 2.24) is 9.47 Å². The minimum Gasteiger partial charge on any atom is -0.379 e. The van der Waals surface area contributed by atoms with Crippen LogP contribution in [0.25, 0.3) is 11.3 Å². The van der Waals surface area contributed by atoms with Gasteiger partial charge in [0.25, 0.3) is 0 Å². The number of benzene rings is 2. The van der Waals surface area contributed by atoms with Crippen molar-refractivity contribution in [2.24, 2.45) is 4.99 Å². The van der Waals surface area contributed by atoms with Crippen molar-refractivity contribution in [3.63, 3.8) is 0 Å². The van der Waals surface area contributed by atoms with Crippen LogP contribution in [0.3, 0.4) is 0 Å². The monoisotopic (exact) mass is 565 g/mol. The zero-order chi connectivity index (χ0) is 20.9. The lowest BCUT2D eigenvalue weighted by Crippen LogP contribution is -2.37. The number of aromatic nitrogens is 1. The fraction of sp³-hybridized carbons (Fsp3) is 0.375. The lowest BCUT2D eigenvalue weighted by molar-refractivity contribution is 0.0369. The summed E-state index contributed by atoms with van der Waals surface area (Å²) in [6, 6.07) is 14.9. The van der Waals surface area contributed by atoms with E-state index < -0.39 is 0 Å². The second kappa shape index (κ2) is 11.6. The van der Waals surface area contributed by atoms with E-state index in [0.717, 1.165) is 60.8 Å². The first-order chi connectivity index (χ1) is 14.6. The van der Waals surface area contributed by atoms with Crippen LogP contribution in [0, 0.1) is 13.8 Å². The van der Waals surface area contributed by atoms with Crippen molar-refractivity contribution >= 4 is 49.9 Å². The van der Waals surface area contributed by atoms with E-state index in [2.05, 4.69) is 87.1 Å². The molecule has 0 spiro atoms. The topological polar surface area (TPSA) is 29.8 Å². The fourth-order valence-corrected chi connectivity index (χ4v) is 4.94. The maximum absolute atomic E-state index is 5.48. The summed E-state index contributed by atoms with van der Waals surface area (Å²) in [5.74, 6) is 0. The van der Waals surface area contributed by atoms with Crippen LogP contribution in [-0.2, 0) is 11.3 Å². The Kier molecular flexibility index (Phi) is 9.10. The molecule has 0 radical (unpaired) electrons. The molecule has 7 heteroatoms. The van der Waals surface area contributed by atoms with Crippen LogP contribution in [0.5, 0.6) is 0 Å². The van der Waals surface area contributed by atoms with Crippen LogP contribution in [0.15, 0.2) is 57.3 Å². The average Bonchev–Trinajstić information content (AvgIpc) is 3.15. The third kappa shape index (κ3) is 6.17. The first-order valence-electron chi connectivity index (χ1n) is 10.5. The molecule has 4 nitrogen and oxygen atoms in total. The van der Waals surface area contributed by atoms with E-state index in [1.54, 1.807) is 11.3 Å². The molecule has 31 heavy (non-hydrogen) atoms. The van der Waals surface area contributed by atoms with Gasteiger partial charge in [0.2, 0.25) is 0 Å². The lowest BCUT2D eigenvalue weighted by atomic mass is 10.1. The van der Waals surface area contributed by atoms with Gasteiger partial charge in [-0.15, -0.1) is 28.3 Å². The van der Waals surface area contributed by atoms with Crippen molar-refractivity contribution in [3.05, 3.63) is 68.2 Å². The summed E-state index contributed by atoms with van der Waals surface area (Å²) in [4.78, 5) is 8.63. The molecule has 0 amide bonds. The van der Waals surface area contributed by atoms with Crippen molar-refractivity contribution in [2.45, 2.75) is 26.8 Å². The molecule has 166 valence electrons. The second-order valence-electron chi connectivity index (χ2n) is 7.70. The minimum absolute atomic E-state index is 0. The Bertz CT molecular complexity index is 1050. The third-order valence-electron chi connectivity index (χ3n) is 5.69. The quantitative estimate of drug-likeness (QED) is 0.359. The number of hydrogen-bond acceptors (Lipinski definition) is 4. The van der Waals surface area contributed by atoms with Crippen LogP contribution in [0.2, 0.25) is 0 Å². The van der Waals surface area contributed by atoms with Gasteiger partial charge in [-0.1, -0.05) is 40.2 Å². The third-order valence-corrected chi connectivity index (χ3v) is 7.08. The summed E-state index contributed by atoms with van der Waals surface area (Å²) in [7, 11) is 0. The Balaban J connectivity index is 0.00000272. The number of morpholine rings is 1. The molecule has 4 rings (SSSR count). The molecule has 1 fully saturated rings. The van der Waals surface area contributed by atoms with E-state index in [0.29, 0.717) is 0 Å². The van der Waals surface area contributed by atoms with Gasteiger partial charge in [-0.05, 0) is 55.2 Å². The van der Waals surface area contributed by atoms with Gasteiger partial charge in [0.1, 0.15) is 0 Å². The van der Waals surface area contributed by atoms with Gasteiger partial charge in [-0.25, -0.2) is 4.99 Å². The highest BCUT2D eigenvalue weighted by Crippen LogP contribution is 2.25. The van der Waals surface area contributed by atoms with Crippen molar-refractivity contribution in [2.75, 3.05) is 32.8 Å². The maximum atomic E-state index is 5.48. The van der Waals surface area contributed by atoms with E-state index in [4.69, 9.17) is 9.73 Å². The average molecular weight is 567 g/mol. The van der Waals surface area contributed by atoms with Crippen LogP contribution >= 0.6 is 44.2 Å². The Morgan fingerprint density at radius 3 is 2.52 bits per heavy atom. The molecular formula is C24H29Br2N3OS. The molecule has 0 atom stereocenters. The number of rotatable bonds is 6. The van der Waals surface area contributed by atoms with Gasteiger partial charge in [0.15, 0.2) is 4.80 Å². The molecule has 2 heterocycles. The van der Waals surface area contributed by atoms with E-state index in [-0.39, 0.29) is 17.0 Å². The molecular weight excluding hydrogens is 538 g/mol. The SMILES string of the molecule is Br.Cc1cccc(N=c2scc(-c3ccc(Br)cc3)n2CCCN2CCOCC2)c1C. The van der Waals surface area contributed by atoms with Crippen molar-refractivity contribution < 1.29 is 4.74 Å². The van der Waals surface area contributed by atoms with Gasteiger partial charge < -0.3 is 9.30 Å². The molecule has 1 aliphatic heterocycles. The first-order valence-corrected chi connectivity index (χ1v) is 12.1. The summed E-state index contributed by atoms with van der Waals surface area (Å²) < 4.78 is 8.96. The van der Waals surface area contributed by atoms with E-state index in [1.807, 2.05) is 0 Å². The van der Waals surface area contributed by atoms with Gasteiger partial charge in [-0.2, -0.15) is 0 Å². The molecule has 2 aromatic carbocycles. The summed E-state index contributed by atoms with van der Waals surface area (Å²) in [5, 5.41) is 2.24. The number of thiazole rings is 1. The molecule has 1 aliphatic rings. The van der Waals surface area contributed by atoms with Crippen LogP contribution in [0.1, 0.15) is 17.5 Å². The molecule has 0 aliphatic carbocycles. The zero-order valence-corrected chi connectivity index (χ0v) is 22.1. The van der Waals surface area contributed by atoms with Crippen molar-refractivity contribution in [1.29, 1.82) is 0 Å². The second-order valence-corrected chi connectivity index (χ2v) is 9.45. The summed E-state index contributed by atoms with van der Waals surface area (Å²) in [6.45, 7) is 10.1. The first kappa shape index (κ1) is 24.4. The molecule has 0 unspecified atom stereocenters. The molecule has 0 bridgehead atoms. The van der Waals surface area contributed by atoms with Gasteiger partial charge in [0.05, 0.1) is 24.6 Å². The highest BCUT2D eigenvalue weighted by Gasteiger charge is 2.12. The van der Waals surface area contributed by atoms with E-state index >= 15 is 0 Å². The number of halogens is 2. The Labute approximate surface area is 207 Å². The highest BCUT2D eigenvalue weighted by molar-refractivity contribution is 9.10. The molecule has 0 saturated carbocycles. The lowest BCUT2D eigenvalue weighted by Gasteiger charge is -2.26. The Morgan fingerprint density at radius 2 is 1.77 bits per heavy atom. The Morgan fingerprint density at radius 1 is 1.03 bits per heavy atom. The maximum Gasteiger partial charge on any atom is 0.190 e. The van der Waals surface area contributed by atoms with Crippen LogP contribution < -0.4 is 4.80 Å². The van der Waals surface area contributed by atoms with E-state index in [1.165, 1.54) is 22.4 Å². The van der Waals surface area contributed by atoms with Gasteiger partial charge in [-0.3, -0.25) is 4.90 Å². The molecule has 1 saturated heterocycles. The van der Waals surface area contributed by atoms with E-state index in [9.17, 15) is 0 Å². The fourth-order valence-electron chi connectivity index (χ4n) is 3.72. The predicted octanol–water partition coefficient (Wildman–Crippen LogP) is 6.13. The summed E-state index contributed by atoms with van der Waals surface area (Å²) >= 11 is 5.27. The largest absolute Gasteiger partial charge is 0.379 e. The normalized spacial score (nSPS) is 15.1. The minimum atomic E-state index is 0. The highest BCUT2D eigenvalue weighted by atomic mass is 79.9. The predicted molar refractivity (Wildman–Crippen MR) is 139 cm³/mol. The van der Waals surface area contributed by atoms with Gasteiger partial charge in [0, 0.05) is 36.0 Å². The summed E-state index contributed by atoms with van der Waals surface area (Å²) in [6.07, 6.45) is 1.10. The smallest absolute Gasteiger partial charge is 0.190 e. The number of nitrogens with zero attached hydrogens (tertiary/aromatic N) is 3.